The summed E-state index contributed by atoms with van der Waals surface area (Å²) in [6.07, 6.45) is 1.02. The van der Waals surface area contributed by atoms with Gasteiger partial charge in [-0.3, -0.25) is 14.7 Å². The number of aliphatic hydroxyl groups is 1. The number of fused-ring (bicyclic) bond motifs is 2. The number of β-amino-alcohol motifs (C(OH)–C–C–N with tert-alkyl or cyclic N) is 1. The Balaban J connectivity index is 1.15. The smallest absolute Gasteiger partial charge is 0.263 e. The molecule has 1 fully saturated rings. The van der Waals surface area contributed by atoms with E-state index in [1.54, 1.807) is 13.3 Å². The summed E-state index contributed by atoms with van der Waals surface area (Å²) in [5.41, 5.74) is 2.47. The van der Waals surface area contributed by atoms with E-state index in [1.165, 1.54) is 0 Å². The van der Waals surface area contributed by atoms with Crippen molar-refractivity contribution in [2.24, 2.45) is 0 Å². The molecule has 10 nitrogen and oxygen atoms in total. The minimum absolute atomic E-state index is 0.00843. The highest BCUT2D eigenvalue weighted by Gasteiger charge is 2.24. The van der Waals surface area contributed by atoms with E-state index in [0.29, 0.717) is 50.1 Å². The minimum atomic E-state index is -0.656. The molecule has 0 spiro atoms. The van der Waals surface area contributed by atoms with Gasteiger partial charge in [0.25, 0.3) is 5.91 Å². The maximum Gasteiger partial charge on any atom is 0.263 e. The fraction of sp³-hybridized carbons (Fsp3) is 0.400. The van der Waals surface area contributed by atoms with Crippen LogP contribution in [0.3, 0.4) is 0 Å². The average Bonchev–Trinajstić information content (AvgIpc) is 2.88. The molecule has 2 aromatic heterocycles. The molecule has 0 radical (unpaired) electrons. The number of pyridine rings is 2. The number of nitrogens with zero attached hydrogens (tertiary/aromatic N) is 3. The van der Waals surface area contributed by atoms with E-state index in [1.807, 2.05) is 36.4 Å². The second kappa shape index (κ2) is 10.5. The monoisotopic (exact) mass is 479 g/mol. The summed E-state index contributed by atoms with van der Waals surface area (Å²) < 4.78 is 16.6. The molecule has 5 rings (SSSR count). The molecule has 184 valence electrons. The third-order valence-corrected chi connectivity index (χ3v) is 6.19. The van der Waals surface area contributed by atoms with Crippen molar-refractivity contribution in [3.63, 3.8) is 0 Å². The lowest BCUT2D eigenvalue weighted by molar-refractivity contribution is -0.118. The number of benzene rings is 1. The number of morpholine rings is 1. The molecule has 3 aromatic rings. The molecule has 2 aliphatic heterocycles. The van der Waals surface area contributed by atoms with Gasteiger partial charge in [-0.05, 0) is 29.8 Å². The standard InChI is InChI=1S/C25H29N5O5/c1-33-17-9-20-19(3-2-4-21(20)27-12-17)22(31)14-30-7-8-34-18(13-30)11-26-10-16-5-6-23-25(28-16)29-24(32)15-35-23/h2-6,9,12,18,22,26,31H,7-8,10-11,13-15H2,1H3,(H,28,29,32). The predicted octanol–water partition coefficient (Wildman–Crippen LogP) is 1.49. The van der Waals surface area contributed by atoms with Gasteiger partial charge in [-0.15, -0.1) is 0 Å². The zero-order chi connectivity index (χ0) is 24.2. The number of ether oxygens (including phenoxy) is 3. The third kappa shape index (κ3) is 5.51. The predicted molar refractivity (Wildman–Crippen MR) is 130 cm³/mol. The number of amides is 1. The number of carbonyl (C=O) groups excluding carboxylic acids is 1. The number of methoxy groups -OCH3 is 1. The lowest BCUT2D eigenvalue weighted by Crippen LogP contribution is -2.47. The molecular weight excluding hydrogens is 450 g/mol. The van der Waals surface area contributed by atoms with Crippen LogP contribution in [0.15, 0.2) is 42.6 Å². The quantitative estimate of drug-likeness (QED) is 0.442. The van der Waals surface area contributed by atoms with Gasteiger partial charge >= 0.3 is 0 Å². The first-order valence-electron chi connectivity index (χ1n) is 11.7. The lowest BCUT2D eigenvalue weighted by Gasteiger charge is -2.34. The van der Waals surface area contributed by atoms with Crippen molar-refractivity contribution in [3.05, 3.63) is 53.9 Å². The molecule has 10 heteroatoms. The van der Waals surface area contributed by atoms with Gasteiger partial charge in [0.05, 0.1) is 43.3 Å². The summed E-state index contributed by atoms with van der Waals surface area (Å²) in [5, 5.41) is 18.0. The Labute approximate surface area is 203 Å². The summed E-state index contributed by atoms with van der Waals surface area (Å²) in [5.74, 6) is 1.50. The molecule has 0 aliphatic carbocycles. The Bertz CT molecular complexity index is 1210. The first-order valence-corrected chi connectivity index (χ1v) is 11.7. The van der Waals surface area contributed by atoms with E-state index in [-0.39, 0.29) is 18.6 Å². The molecule has 3 N–H and O–H groups in total. The normalized spacial score (nSPS) is 19.0. The number of rotatable bonds is 8. The van der Waals surface area contributed by atoms with Crippen LogP contribution in [0.5, 0.6) is 11.5 Å². The molecule has 1 saturated heterocycles. The van der Waals surface area contributed by atoms with Gasteiger partial charge in [-0.2, -0.15) is 0 Å². The number of nitrogens with one attached hydrogen (secondary N) is 2. The van der Waals surface area contributed by atoms with Crippen LogP contribution < -0.4 is 20.1 Å². The molecule has 0 bridgehead atoms. The first kappa shape index (κ1) is 23.4. The van der Waals surface area contributed by atoms with E-state index in [2.05, 4.69) is 25.5 Å². The van der Waals surface area contributed by atoms with Crippen LogP contribution in [0, 0.1) is 0 Å². The molecule has 1 amide bonds. The van der Waals surface area contributed by atoms with Gasteiger partial charge in [0, 0.05) is 38.1 Å². The van der Waals surface area contributed by atoms with Gasteiger partial charge in [0.1, 0.15) is 5.75 Å². The highest BCUT2D eigenvalue weighted by molar-refractivity contribution is 5.94. The average molecular weight is 480 g/mol. The Morgan fingerprint density at radius 1 is 1.34 bits per heavy atom. The van der Waals surface area contributed by atoms with E-state index in [0.717, 1.165) is 28.7 Å². The minimum Gasteiger partial charge on any atom is -0.495 e. The Morgan fingerprint density at radius 3 is 3.14 bits per heavy atom. The van der Waals surface area contributed by atoms with Crippen LogP contribution in [0.25, 0.3) is 10.9 Å². The number of anilines is 1. The molecule has 0 saturated carbocycles. The van der Waals surface area contributed by atoms with E-state index >= 15 is 0 Å². The molecule has 4 heterocycles. The Hall–Kier alpha value is -3.31. The van der Waals surface area contributed by atoms with Crippen molar-refractivity contribution in [2.45, 2.75) is 18.8 Å². The second-order valence-corrected chi connectivity index (χ2v) is 8.67. The number of aliphatic hydroxyl groups excluding tert-OH is 1. The molecule has 2 aliphatic rings. The van der Waals surface area contributed by atoms with Gasteiger partial charge in [0.15, 0.2) is 18.2 Å². The maximum atomic E-state index is 11.5. The zero-order valence-corrected chi connectivity index (χ0v) is 19.6. The zero-order valence-electron chi connectivity index (χ0n) is 19.6. The van der Waals surface area contributed by atoms with Crippen molar-refractivity contribution in [3.8, 4) is 11.5 Å². The van der Waals surface area contributed by atoms with Crippen molar-refractivity contribution in [1.29, 1.82) is 0 Å². The SMILES string of the molecule is COc1cnc2cccc(C(O)CN3CCOC(CNCc4ccc5c(n4)NC(=O)CO5)C3)c2c1. The number of carbonyl (C=O) groups is 1. The van der Waals surface area contributed by atoms with Crippen molar-refractivity contribution < 1.29 is 24.1 Å². The molecule has 2 atom stereocenters. The van der Waals surface area contributed by atoms with Crippen LogP contribution in [0.1, 0.15) is 17.4 Å². The van der Waals surface area contributed by atoms with Crippen LogP contribution >= 0.6 is 0 Å². The summed E-state index contributed by atoms with van der Waals surface area (Å²) >= 11 is 0. The summed E-state index contributed by atoms with van der Waals surface area (Å²) in [4.78, 5) is 22.6. The van der Waals surface area contributed by atoms with Gasteiger partial charge < -0.3 is 30.0 Å². The summed E-state index contributed by atoms with van der Waals surface area (Å²) in [6.45, 7) is 3.76. The van der Waals surface area contributed by atoms with E-state index in [4.69, 9.17) is 14.2 Å². The topological polar surface area (TPSA) is 118 Å². The van der Waals surface area contributed by atoms with Crippen LogP contribution in [0.4, 0.5) is 5.82 Å². The number of aromatic nitrogens is 2. The van der Waals surface area contributed by atoms with E-state index < -0.39 is 6.10 Å². The van der Waals surface area contributed by atoms with E-state index in [9.17, 15) is 9.90 Å². The van der Waals surface area contributed by atoms with Crippen LogP contribution in [-0.4, -0.2) is 78.5 Å². The third-order valence-electron chi connectivity index (χ3n) is 6.19. The molecule has 2 unspecified atom stereocenters. The van der Waals surface area contributed by atoms with Gasteiger partial charge in [-0.1, -0.05) is 12.1 Å². The number of hydrogen-bond donors (Lipinski definition) is 3. The fourth-order valence-electron chi connectivity index (χ4n) is 4.43. The Kier molecular flexibility index (Phi) is 7.05. The molecule has 35 heavy (non-hydrogen) atoms. The second-order valence-electron chi connectivity index (χ2n) is 8.67. The van der Waals surface area contributed by atoms with Gasteiger partial charge in [-0.25, -0.2) is 4.98 Å². The highest BCUT2D eigenvalue weighted by Crippen LogP contribution is 2.28. The lowest BCUT2D eigenvalue weighted by atomic mass is 10.0. The van der Waals surface area contributed by atoms with Crippen LogP contribution in [0.2, 0.25) is 0 Å². The van der Waals surface area contributed by atoms with Gasteiger partial charge in [0.2, 0.25) is 0 Å². The fourth-order valence-corrected chi connectivity index (χ4v) is 4.43. The molecular formula is C25H29N5O5. The van der Waals surface area contributed by atoms with Crippen molar-refractivity contribution >= 4 is 22.6 Å². The maximum absolute atomic E-state index is 11.5. The largest absolute Gasteiger partial charge is 0.495 e. The summed E-state index contributed by atoms with van der Waals surface area (Å²) in [6, 6.07) is 11.4. The van der Waals surface area contributed by atoms with Crippen LogP contribution in [-0.2, 0) is 16.1 Å². The van der Waals surface area contributed by atoms with Crippen molar-refractivity contribution in [1.82, 2.24) is 20.2 Å². The Morgan fingerprint density at radius 2 is 2.26 bits per heavy atom. The summed E-state index contributed by atoms with van der Waals surface area (Å²) in [7, 11) is 1.61. The highest BCUT2D eigenvalue weighted by atomic mass is 16.5. The number of hydrogen-bond acceptors (Lipinski definition) is 9. The first-order chi connectivity index (χ1) is 17.1. The van der Waals surface area contributed by atoms with Crippen molar-refractivity contribution in [2.75, 3.05) is 51.8 Å². The molecule has 1 aromatic carbocycles.